The molecule has 1 aliphatic heterocycles. The fraction of sp³-hybridized carbons (Fsp3) is 0.857. The number of carbonyl (C=O) groups excluding carboxylic acids is 1. The number of hydrogen-bond acceptors (Lipinski definition) is 3. The van der Waals surface area contributed by atoms with Gasteiger partial charge >= 0.3 is 12.0 Å². The Labute approximate surface area is 120 Å². The third-order valence-electron chi connectivity index (χ3n) is 3.77. The average Bonchev–Trinajstić information content (AvgIpc) is 2.54. The number of carboxylic acids is 1. The van der Waals surface area contributed by atoms with Crippen molar-refractivity contribution in [3.63, 3.8) is 0 Å². The van der Waals surface area contributed by atoms with Gasteiger partial charge in [0.25, 0.3) is 0 Å². The molecule has 1 rings (SSSR count). The first-order valence-corrected chi connectivity index (χ1v) is 7.10. The number of ether oxygens (including phenoxy) is 1. The molecule has 0 radical (unpaired) electrons. The molecular weight excluding hydrogens is 260 g/mol. The molecule has 1 fully saturated rings. The zero-order chi connectivity index (χ0) is 15.2. The number of carbonyl (C=O) groups is 2. The molecule has 0 atom stereocenters. The molecule has 0 aromatic rings. The number of amides is 2. The zero-order valence-corrected chi connectivity index (χ0v) is 12.7. The van der Waals surface area contributed by atoms with E-state index in [4.69, 9.17) is 9.84 Å². The van der Waals surface area contributed by atoms with Crippen molar-refractivity contribution in [2.24, 2.45) is 5.41 Å². The van der Waals surface area contributed by atoms with E-state index >= 15 is 0 Å². The van der Waals surface area contributed by atoms with Gasteiger partial charge in [-0.3, -0.25) is 4.79 Å². The van der Waals surface area contributed by atoms with Crippen LogP contribution in [0.1, 0.15) is 33.1 Å². The summed E-state index contributed by atoms with van der Waals surface area (Å²) < 4.78 is 4.94. The van der Waals surface area contributed by atoms with E-state index in [-0.39, 0.29) is 18.0 Å². The average molecular weight is 286 g/mol. The lowest BCUT2D eigenvalue weighted by atomic mass is 9.85. The number of aliphatic carboxylic acids is 1. The number of nitrogens with zero attached hydrogens (tertiary/aromatic N) is 2. The van der Waals surface area contributed by atoms with Gasteiger partial charge in [-0.05, 0) is 24.7 Å². The highest BCUT2D eigenvalue weighted by Crippen LogP contribution is 2.30. The summed E-state index contributed by atoms with van der Waals surface area (Å²) in [4.78, 5) is 26.4. The standard InChI is InChI=1S/C14H26N2O4/c1-14(2)5-4-7-15(8-6-14)13(19)16(9-10-20-3)11-12(17)18/h4-11H2,1-3H3,(H,17,18). The summed E-state index contributed by atoms with van der Waals surface area (Å²) in [6, 6.07) is -0.192. The molecule has 2 amide bonds. The van der Waals surface area contributed by atoms with E-state index in [0.717, 1.165) is 19.3 Å². The number of methoxy groups -OCH3 is 1. The minimum atomic E-state index is -0.996. The predicted molar refractivity (Wildman–Crippen MR) is 75.7 cm³/mol. The number of hydrogen-bond donors (Lipinski definition) is 1. The molecular formula is C14H26N2O4. The van der Waals surface area contributed by atoms with Crippen molar-refractivity contribution in [3.8, 4) is 0 Å². The van der Waals surface area contributed by atoms with Crippen LogP contribution in [0.4, 0.5) is 4.79 Å². The third-order valence-corrected chi connectivity index (χ3v) is 3.77. The first kappa shape index (κ1) is 16.8. The highest BCUT2D eigenvalue weighted by atomic mass is 16.5. The van der Waals surface area contributed by atoms with E-state index in [1.54, 1.807) is 4.90 Å². The van der Waals surface area contributed by atoms with Crippen molar-refractivity contribution < 1.29 is 19.4 Å². The van der Waals surface area contributed by atoms with Crippen LogP contribution in [0.25, 0.3) is 0 Å². The van der Waals surface area contributed by atoms with Gasteiger partial charge in [0.1, 0.15) is 6.54 Å². The van der Waals surface area contributed by atoms with Crippen LogP contribution in [0.3, 0.4) is 0 Å². The minimum Gasteiger partial charge on any atom is -0.480 e. The Balaban J connectivity index is 2.65. The fourth-order valence-electron chi connectivity index (χ4n) is 2.42. The van der Waals surface area contributed by atoms with Crippen LogP contribution >= 0.6 is 0 Å². The molecule has 116 valence electrons. The van der Waals surface area contributed by atoms with Crippen LogP contribution < -0.4 is 0 Å². The summed E-state index contributed by atoms with van der Waals surface area (Å²) in [6.45, 7) is 6.18. The zero-order valence-electron chi connectivity index (χ0n) is 12.7. The number of carboxylic acid groups (broad SMARTS) is 1. The Morgan fingerprint density at radius 3 is 2.60 bits per heavy atom. The largest absolute Gasteiger partial charge is 0.480 e. The molecule has 0 aromatic heterocycles. The monoisotopic (exact) mass is 286 g/mol. The summed E-state index contributed by atoms with van der Waals surface area (Å²) in [5.41, 5.74) is 0.249. The van der Waals surface area contributed by atoms with Gasteiger partial charge in [0.05, 0.1) is 6.61 Å². The first-order valence-electron chi connectivity index (χ1n) is 7.10. The summed E-state index contributed by atoms with van der Waals surface area (Å²) in [7, 11) is 1.54. The van der Waals surface area contributed by atoms with E-state index < -0.39 is 5.97 Å². The molecule has 1 heterocycles. The maximum Gasteiger partial charge on any atom is 0.323 e. The van der Waals surface area contributed by atoms with Crippen LogP contribution in [0, 0.1) is 5.41 Å². The molecule has 6 heteroatoms. The van der Waals surface area contributed by atoms with Crippen molar-refractivity contribution in [3.05, 3.63) is 0 Å². The van der Waals surface area contributed by atoms with Crippen molar-refractivity contribution in [1.82, 2.24) is 9.80 Å². The molecule has 0 aromatic carbocycles. The maximum atomic E-state index is 12.4. The van der Waals surface area contributed by atoms with Crippen molar-refractivity contribution in [2.75, 3.05) is 39.9 Å². The molecule has 1 saturated heterocycles. The molecule has 0 saturated carbocycles. The van der Waals surface area contributed by atoms with E-state index in [1.165, 1.54) is 12.0 Å². The van der Waals surface area contributed by atoms with E-state index in [1.807, 2.05) is 0 Å². The van der Waals surface area contributed by atoms with Gasteiger partial charge in [-0.2, -0.15) is 0 Å². The van der Waals surface area contributed by atoms with E-state index in [0.29, 0.717) is 26.2 Å². The van der Waals surface area contributed by atoms with Crippen LogP contribution in [0.2, 0.25) is 0 Å². The lowest BCUT2D eigenvalue weighted by Gasteiger charge is -2.29. The van der Waals surface area contributed by atoms with Gasteiger partial charge in [0, 0.05) is 26.7 Å². The van der Waals surface area contributed by atoms with Crippen molar-refractivity contribution in [1.29, 1.82) is 0 Å². The molecule has 1 N–H and O–H groups in total. The van der Waals surface area contributed by atoms with Gasteiger partial charge in [0.15, 0.2) is 0 Å². The Bertz CT molecular complexity index is 344. The fourth-order valence-corrected chi connectivity index (χ4v) is 2.42. The van der Waals surface area contributed by atoms with Gasteiger partial charge in [-0.1, -0.05) is 13.8 Å². The van der Waals surface area contributed by atoms with Crippen LogP contribution in [0.15, 0.2) is 0 Å². The SMILES string of the molecule is COCCN(CC(=O)O)C(=O)N1CCCC(C)(C)CC1. The van der Waals surface area contributed by atoms with Crippen LogP contribution in [0.5, 0.6) is 0 Å². The molecule has 0 aliphatic carbocycles. The summed E-state index contributed by atoms with van der Waals surface area (Å²) >= 11 is 0. The quantitative estimate of drug-likeness (QED) is 0.834. The lowest BCUT2D eigenvalue weighted by molar-refractivity contribution is -0.137. The summed E-state index contributed by atoms with van der Waals surface area (Å²) in [5, 5.41) is 8.92. The third kappa shape index (κ3) is 5.36. The van der Waals surface area contributed by atoms with Crippen molar-refractivity contribution >= 4 is 12.0 Å². The van der Waals surface area contributed by atoms with Gasteiger partial charge in [0.2, 0.25) is 0 Å². The normalized spacial score (nSPS) is 18.4. The Morgan fingerprint density at radius 2 is 2.00 bits per heavy atom. The highest BCUT2D eigenvalue weighted by molar-refractivity contribution is 5.80. The van der Waals surface area contributed by atoms with Gasteiger partial charge < -0.3 is 19.6 Å². The second-order valence-corrected chi connectivity index (χ2v) is 6.10. The predicted octanol–water partition coefficient (Wildman–Crippen LogP) is 1.65. The topological polar surface area (TPSA) is 70.1 Å². The van der Waals surface area contributed by atoms with Crippen LogP contribution in [-0.2, 0) is 9.53 Å². The van der Waals surface area contributed by atoms with Gasteiger partial charge in [-0.25, -0.2) is 4.79 Å². The Kier molecular flexibility index (Phi) is 6.26. The summed E-state index contributed by atoms with van der Waals surface area (Å²) in [6.07, 6.45) is 3.00. The second kappa shape index (κ2) is 7.47. The van der Waals surface area contributed by atoms with Gasteiger partial charge in [-0.15, -0.1) is 0 Å². The second-order valence-electron chi connectivity index (χ2n) is 6.10. The molecule has 0 unspecified atom stereocenters. The Hall–Kier alpha value is -1.30. The number of likely N-dealkylation sites (tertiary alicyclic amines) is 1. The molecule has 0 spiro atoms. The minimum absolute atomic E-state index is 0.192. The smallest absolute Gasteiger partial charge is 0.323 e. The summed E-state index contributed by atoms with van der Waals surface area (Å²) in [5.74, 6) is -0.996. The maximum absolute atomic E-state index is 12.4. The Morgan fingerprint density at radius 1 is 1.30 bits per heavy atom. The van der Waals surface area contributed by atoms with E-state index in [2.05, 4.69) is 13.8 Å². The highest BCUT2D eigenvalue weighted by Gasteiger charge is 2.28. The lowest BCUT2D eigenvalue weighted by Crippen LogP contribution is -2.47. The van der Waals surface area contributed by atoms with E-state index in [9.17, 15) is 9.59 Å². The molecule has 6 nitrogen and oxygen atoms in total. The number of rotatable bonds is 5. The van der Waals surface area contributed by atoms with Crippen molar-refractivity contribution in [2.45, 2.75) is 33.1 Å². The molecule has 1 aliphatic rings. The molecule has 0 bridgehead atoms. The van der Waals surface area contributed by atoms with Crippen LogP contribution in [-0.4, -0.2) is 66.8 Å². The number of urea groups is 1. The molecule has 20 heavy (non-hydrogen) atoms. The first-order chi connectivity index (χ1) is 9.35.